The molecule has 1 heteroatoms. The molecule has 0 heterocycles. The minimum absolute atomic E-state index is 1.09. The van der Waals surface area contributed by atoms with Gasteiger partial charge in [0.05, 0.1) is 0 Å². The van der Waals surface area contributed by atoms with Gasteiger partial charge in [-0.2, -0.15) is 0 Å². The van der Waals surface area contributed by atoms with E-state index < -0.39 is 0 Å². The van der Waals surface area contributed by atoms with Gasteiger partial charge in [0.2, 0.25) is 0 Å². The topological polar surface area (TPSA) is 3.24 Å². The summed E-state index contributed by atoms with van der Waals surface area (Å²) in [5.41, 5.74) is 17.8. The van der Waals surface area contributed by atoms with Crippen molar-refractivity contribution >= 4 is 61.5 Å². The van der Waals surface area contributed by atoms with Crippen LogP contribution in [0.15, 0.2) is 273 Å². The van der Waals surface area contributed by atoms with Crippen LogP contribution in [0.25, 0.3) is 100 Å². The average molecular weight is 878 g/mol. The number of hydrogen-bond acceptors (Lipinski definition) is 1. The smallest absolute Gasteiger partial charge is 0.0462 e. The highest BCUT2D eigenvalue weighted by molar-refractivity contribution is 6.21. The van der Waals surface area contributed by atoms with Gasteiger partial charge in [-0.1, -0.05) is 249 Å². The molecule has 0 saturated carbocycles. The lowest BCUT2D eigenvalue weighted by atomic mass is 9.86. The Labute approximate surface area is 404 Å². The fourth-order valence-electron chi connectivity index (χ4n) is 10.0. The Morgan fingerprint density at radius 1 is 0.217 bits per heavy atom. The number of rotatable bonds is 10. The third-order valence-corrected chi connectivity index (χ3v) is 13.5. The third kappa shape index (κ3) is 8.18. The van der Waals surface area contributed by atoms with Crippen molar-refractivity contribution in [2.75, 3.05) is 4.90 Å². The molecule has 1 nitrogen and oxygen atoms in total. The summed E-state index contributed by atoms with van der Waals surface area (Å²) < 4.78 is 0. The number of hydrogen-bond donors (Lipinski definition) is 0. The maximum atomic E-state index is 2.36. The van der Waals surface area contributed by atoms with Gasteiger partial charge in [0.15, 0.2) is 0 Å². The van der Waals surface area contributed by atoms with Gasteiger partial charge in [-0.15, -0.1) is 0 Å². The van der Waals surface area contributed by atoms with E-state index >= 15 is 0 Å². The lowest BCUT2D eigenvalue weighted by Crippen LogP contribution is -2.09. The Balaban J connectivity index is 0.869. The van der Waals surface area contributed by atoms with E-state index in [9.17, 15) is 0 Å². The molecule has 12 aromatic rings. The van der Waals surface area contributed by atoms with Gasteiger partial charge in [0.1, 0.15) is 0 Å². The van der Waals surface area contributed by atoms with Gasteiger partial charge >= 0.3 is 0 Å². The van der Waals surface area contributed by atoms with Crippen molar-refractivity contribution in [1.29, 1.82) is 0 Å². The fraction of sp³-hybridized carbons (Fsp3) is 0. The first kappa shape index (κ1) is 41.4. The van der Waals surface area contributed by atoms with Gasteiger partial charge in [-0.3, -0.25) is 0 Å². The number of anilines is 3. The quantitative estimate of drug-likeness (QED) is 0.0977. The van der Waals surface area contributed by atoms with Crippen molar-refractivity contribution in [1.82, 2.24) is 0 Å². The van der Waals surface area contributed by atoms with E-state index in [-0.39, 0.29) is 0 Å². The van der Waals surface area contributed by atoms with E-state index in [1.165, 1.54) is 93.5 Å². The molecule has 0 radical (unpaired) electrons. The van der Waals surface area contributed by atoms with Crippen LogP contribution in [0.5, 0.6) is 0 Å². The molecule has 69 heavy (non-hydrogen) atoms. The first-order chi connectivity index (χ1) is 34.2. The van der Waals surface area contributed by atoms with Crippen LogP contribution in [0.1, 0.15) is 11.1 Å². The van der Waals surface area contributed by atoms with E-state index in [0.29, 0.717) is 0 Å². The van der Waals surface area contributed by atoms with Crippen molar-refractivity contribution in [3.05, 3.63) is 284 Å². The van der Waals surface area contributed by atoms with Crippen LogP contribution >= 0.6 is 0 Å². The molecular weight excluding hydrogens is 831 g/mol. The minimum atomic E-state index is 1.09. The lowest BCUT2D eigenvalue weighted by molar-refractivity contribution is 1.28. The highest BCUT2D eigenvalue weighted by Gasteiger charge is 2.18. The summed E-state index contributed by atoms with van der Waals surface area (Å²) in [6, 6.07) is 98.9. The monoisotopic (exact) mass is 877 g/mol. The van der Waals surface area contributed by atoms with E-state index in [1.54, 1.807) is 0 Å². The molecule has 0 atom stereocenters. The summed E-state index contributed by atoms with van der Waals surface area (Å²) >= 11 is 0. The van der Waals surface area contributed by atoms with Gasteiger partial charge < -0.3 is 4.90 Å². The molecule has 0 aromatic heterocycles. The standard InChI is InChI=1S/C68H47N/c1-3-14-50(15-4-1)52-36-42-58(43-37-52)69(59-44-38-53(39-45-59)51-16-5-2-6-17-51)60-46-40-57(41-47-60)68-65-23-11-9-21-63(65)67(64-22-10-12-24-66(64)68)56-34-30-49(31-35-56)27-26-48-28-32-55(33-29-48)62-25-13-19-54-18-7-8-20-61(54)62/h1-47H/b27-26+. The molecule has 0 fully saturated rings. The molecule has 0 spiro atoms. The predicted molar refractivity (Wildman–Crippen MR) is 296 cm³/mol. The molecule has 0 aliphatic rings. The molecule has 0 bridgehead atoms. The van der Waals surface area contributed by atoms with Gasteiger partial charge in [0.25, 0.3) is 0 Å². The van der Waals surface area contributed by atoms with Crippen molar-refractivity contribution in [2.45, 2.75) is 0 Å². The SMILES string of the molecule is C(=C\c1ccc(-c2c3ccccc3c(-c3ccc(N(c4ccc(-c5ccccc5)cc4)c4ccc(-c5ccccc5)cc4)cc3)c3ccccc23)cc1)/c1ccc(-c2cccc3ccccc23)cc1. The van der Waals surface area contributed by atoms with E-state index in [1.807, 2.05) is 0 Å². The molecule has 0 amide bonds. The number of fused-ring (bicyclic) bond motifs is 3. The van der Waals surface area contributed by atoms with Crippen LogP contribution in [-0.2, 0) is 0 Å². The van der Waals surface area contributed by atoms with Crippen molar-refractivity contribution in [3.63, 3.8) is 0 Å². The maximum Gasteiger partial charge on any atom is 0.0462 e. The van der Waals surface area contributed by atoms with Crippen LogP contribution in [-0.4, -0.2) is 0 Å². The first-order valence-electron chi connectivity index (χ1n) is 23.7. The van der Waals surface area contributed by atoms with E-state index in [4.69, 9.17) is 0 Å². The summed E-state index contributed by atoms with van der Waals surface area (Å²) in [6.45, 7) is 0. The number of benzene rings is 12. The van der Waals surface area contributed by atoms with Crippen LogP contribution in [0, 0.1) is 0 Å². The molecular formula is C68H47N. The molecule has 12 rings (SSSR count). The molecule has 12 aromatic carbocycles. The Bertz CT molecular complexity index is 3610. The molecule has 324 valence electrons. The molecule has 0 saturated heterocycles. The highest BCUT2D eigenvalue weighted by Crippen LogP contribution is 2.45. The molecule has 0 unspecified atom stereocenters. The summed E-state index contributed by atoms with van der Waals surface area (Å²) in [4.78, 5) is 2.36. The van der Waals surface area contributed by atoms with Crippen molar-refractivity contribution in [2.24, 2.45) is 0 Å². The Hall–Kier alpha value is -9.04. The maximum absolute atomic E-state index is 2.36. The van der Waals surface area contributed by atoms with Gasteiger partial charge in [-0.25, -0.2) is 0 Å². The largest absolute Gasteiger partial charge is 0.311 e. The molecule has 0 aliphatic heterocycles. The van der Waals surface area contributed by atoms with Crippen LogP contribution in [0.2, 0.25) is 0 Å². The summed E-state index contributed by atoms with van der Waals surface area (Å²) in [7, 11) is 0. The predicted octanol–water partition coefficient (Wildman–Crippen LogP) is 19.1. The Morgan fingerprint density at radius 3 is 0.971 bits per heavy atom. The Morgan fingerprint density at radius 2 is 0.536 bits per heavy atom. The van der Waals surface area contributed by atoms with Crippen molar-refractivity contribution in [3.8, 4) is 55.6 Å². The van der Waals surface area contributed by atoms with E-state index in [2.05, 4.69) is 290 Å². The summed E-state index contributed by atoms with van der Waals surface area (Å²) in [5.74, 6) is 0. The minimum Gasteiger partial charge on any atom is -0.311 e. The van der Waals surface area contributed by atoms with Gasteiger partial charge in [0, 0.05) is 17.1 Å². The van der Waals surface area contributed by atoms with Crippen LogP contribution in [0.4, 0.5) is 17.1 Å². The normalized spacial score (nSPS) is 11.4. The summed E-state index contributed by atoms with van der Waals surface area (Å²) in [6.07, 6.45) is 4.41. The zero-order valence-electron chi connectivity index (χ0n) is 38.1. The van der Waals surface area contributed by atoms with Crippen LogP contribution in [0.3, 0.4) is 0 Å². The van der Waals surface area contributed by atoms with Gasteiger partial charge in [-0.05, 0) is 135 Å². The summed E-state index contributed by atoms with van der Waals surface area (Å²) in [5, 5.41) is 7.49. The zero-order chi connectivity index (χ0) is 45.9. The fourth-order valence-corrected chi connectivity index (χ4v) is 10.0. The number of nitrogens with zero attached hydrogens (tertiary/aromatic N) is 1. The lowest BCUT2D eigenvalue weighted by Gasteiger charge is -2.26. The highest BCUT2D eigenvalue weighted by atomic mass is 15.1. The third-order valence-electron chi connectivity index (χ3n) is 13.5. The Kier molecular flexibility index (Phi) is 11.0. The second-order valence-electron chi connectivity index (χ2n) is 17.7. The average Bonchev–Trinajstić information content (AvgIpc) is 3.43. The second-order valence-corrected chi connectivity index (χ2v) is 17.7. The second kappa shape index (κ2) is 18.3. The van der Waals surface area contributed by atoms with Crippen LogP contribution < -0.4 is 4.90 Å². The molecule has 0 aliphatic carbocycles. The molecule has 0 N–H and O–H groups in total. The first-order valence-corrected chi connectivity index (χ1v) is 23.7. The van der Waals surface area contributed by atoms with E-state index in [0.717, 1.165) is 22.6 Å². The zero-order valence-corrected chi connectivity index (χ0v) is 38.1. The van der Waals surface area contributed by atoms with Crippen molar-refractivity contribution < 1.29 is 0 Å².